The number of rotatable bonds is 3. The summed E-state index contributed by atoms with van der Waals surface area (Å²) in [5.74, 6) is -0.976. The van der Waals surface area contributed by atoms with Crippen LogP contribution >= 0.6 is 56.9 Å². The molecule has 28 heavy (non-hydrogen) atoms. The lowest BCUT2D eigenvalue weighted by Crippen LogP contribution is -2.23. The number of amides is 1. The van der Waals surface area contributed by atoms with E-state index < -0.39 is 5.97 Å². The van der Waals surface area contributed by atoms with Gasteiger partial charge in [0.25, 0.3) is 5.91 Å². The lowest BCUT2D eigenvalue weighted by Gasteiger charge is -2.09. The fraction of sp³-hybridized carbons (Fsp3) is 0.105. The Balaban J connectivity index is 1.97. The van der Waals surface area contributed by atoms with E-state index in [1.807, 2.05) is 45.2 Å². The Morgan fingerprint density at radius 1 is 1.25 bits per heavy atom. The second-order valence-electron chi connectivity index (χ2n) is 5.96. The maximum Gasteiger partial charge on any atom is 0.336 e. The predicted molar refractivity (Wildman–Crippen MR) is 127 cm³/mol. The number of hydrogen-bond acceptors (Lipinski definition) is 5. The van der Waals surface area contributed by atoms with Crippen LogP contribution in [0.3, 0.4) is 0 Å². The van der Waals surface area contributed by atoms with Gasteiger partial charge in [0.1, 0.15) is 5.75 Å². The van der Waals surface area contributed by atoms with E-state index in [1.165, 1.54) is 22.7 Å². The Hall–Kier alpha value is -1.60. The number of aromatic hydroxyl groups is 1. The van der Waals surface area contributed by atoms with Crippen molar-refractivity contribution in [3.05, 3.63) is 59.1 Å². The molecule has 2 aromatic rings. The summed E-state index contributed by atoms with van der Waals surface area (Å²) >= 11 is 5.32. The van der Waals surface area contributed by atoms with Crippen LogP contribution in [0.5, 0.6) is 5.75 Å². The summed E-state index contributed by atoms with van der Waals surface area (Å²) in [4.78, 5) is 30.4. The van der Waals surface area contributed by atoms with Crippen molar-refractivity contribution in [3.63, 3.8) is 0 Å². The van der Waals surface area contributed by atoms with Crippen LogP contribution in [0.4, 0.5) is 5.69 Å². The molecule has 144 valence electrons. The summed E-state index contributed by atoms with van der Waals surface area (Å²) < 4.78 is 1.41. The molecular weight excluding hydrogens is 606 g/mol. The first-order valence-corrected chi connectivity index (χ1v) is 10.9. The number of thioether (sulfide) groups is 1. The van der Waals surface area contributed by atoms with E-state index in [0.29, 0.717) is 28.5 Å². The number of carbonyl (C=O) groups is 2. The van der Waals surface area contributed by atoms with Crippen LogP contribution in [0.15, 0.2) is 40.2 Å². The van der Waals surface area contributed by atoms with Gasteiger partial charge < -0.3 is 10.2 Å². The number of amidine groups is 1. The van der Waals surface area contributed by atoms with Gasteiger partial charge in [-0.1, -0.05) is 6.07 Å². The van der Waals surface area contributed by atoms with Gasteiger partial charge in [0, 0.05) is 7.05 Å². The average molecular weight is 620 g/mol. The lowest BCUT2D eigenvalue weighted by molar-refractivity contribution is -0.121. The van der Waals surface area contributed by atoms with Crippen LogP contribution in [0.25, 0.3) is 6.08 Å². The molecule has 0 aliphatic carbocycles. The average Bonchev–Trinajstić information content (AvgIpc) is 2.89. The van der Waals surface area contributed by atoms with Crippen molar-refractivity contribution in [1.29, 1.82) is 0 Å². The summed E-state index contributed by atoms with van der Waals surface area (Å²) in [6.07, 6.45) is 1.76. The van der Waals surface area contributed by atoms with Crippen LogP contribution in [-0.4, -0.2) is 39.2 Å². The Morgan fingerprint density at radius 3 is 2.50 bits per heavy atom. The molecule has 0 saturated carbocycles. The number of phenols is 1. The first kappa shape index (κ1) is 21.1. The number of hydrogen-bond donors (Lipinski definition) is 2. The summed E-state index contributed by atoms with van der Waals surface area (Å²) in [7, 11) is 1.63. The zero-order chi connectivity index (χ0) is 20.6. The minimum Gasteiger partial charge on any atom is -0.506 e. The van der Waals surface area contributed by atoms with Crippen LogP contribution in [0.1, 0.15) is 21.5 Å². The second-order valence-corrected chi connectivity index (χ2v) is 9.29. The molecular formula is C19H14I2N2O4S. The van der Waals surface area contributed by atoms with Crippen molar-refractivity contribution >= 4 is 85.8 Å². The zero-order valence-corrected chi connectivity index (χ0v) is 19.9. The van der Waals surface area contributed by atoms with Crippen molar-refractivity contribution in [3.8, 4) is 5.75 Å². The van der Waals surface area contributed by atoms with E-state index >= 15 is 0 Å². The summed E-state index contributed by atoms with van der Waals surface area (Å²) in [5, 5.41) is 19.6. The maximum absolute atomic E-state index is 12.6. The van der Waals surface area contributed by atoms with E-state index in [-0.39, 0.29) is 17.2 Å². The molecule has 2 N–H and O–H groups in total. The number of likely N-dealkylation sites (N-methyl/N-ethyl adjacent to an activating group) is 1. The number of benzene rings is 2. The van der Waals surface area contributed by atoms with Gasteiger partial charge in [-0.15, -0.1) is 0 Å². The molecule has 0 radical (unpaired) electrons. The third kappa shape index (κ3) is 4.20. The van der Waals surface area contributed by atoms with Gasteiger partial charge in [-0.3, -0.25) is 9.69 Å². The molecule has 0 atom stereocenters. The Bertz CT molecular complexity index is 1040. The SMILES string of the molecule is Cc1c(N=C2S/C(=C\c3cc(I)c(O)c(I)c3)C(=O)N2C)cccc1C(=O)O. The molecule has 0 bridgehead atoms. The van der Waals surface area contributed by atoms with Gasteiger partial charge in [-0.2, -0.15) is 0 Å². The standard InChI is InChI=1S/C19H14I2N2O4S/c1-9-11(18(26)27)4-3-5-14(9)22-19-23(2)17(25)15(28-19)8-10-6-12(20)16(24)13(21)7-10/h3-8,24H,1-2H3,(H,26,27)/b15-8-,22-19?. The molecule has 1 aliphatic rings. The fourth-order valence-electron chi connectivity index (χ4n) is 2.55. The van der Waals surface area contributed by atoms with Gasteiger partial charge in [-0.25, -0.2) is 9.79 Å². The molecule has 0 unspecified atom stereocenters. The molecule has 9 heteroatoms. The number of carbonyl (C=O) groups excluding carboxylic acids is 1. The molecule has 1 heterocycles. The first-order valence-electron chi connectivity index (χ1n) is 7.96. The molecule has 2 aromatic carbocycles. The van der Waals surface area contributed by atoms with Gasteiger partial charge in [-0.05, 0) is 105 Å². The van der Waals surface area contributed by atoms with Crippen molar-refractivity contribution in [2.24, 2.45) is 4.99 Å². The normalized spacial score (nSPS) is 17.0. The van der Waals surface area contributed by atoms with E-state index in [4.69, 9.17) is 0 Å². The predicted octanol–water partition coefficient (Wildman–Crippen LogP) is 4.84. The van der Waals surface area contributed by atoms with E-state index in [0.717, 1.165) is 5.56 Å². The monoisotopic (exact) mass is 620 g/mol. The van der Waals surface area contributed by atoms with E-state index in [2.05, 4.69) is 4.99 Å². The Morgan fingerprint density at radius 2 is 1.89 bits per heavy atom. The number of carboxylic acids is 1. The number of halogens is 2. The van der Waals surface area contributed by atoms with Crippen LogP contribution in [0, 0.1) is 14.1 Å². The number of aromatic carboxylic acids is 1. The number of phenolic OH excluding ortho intramolecular Hbond substituents is 1. The Kier molecular flexibility index (Phi) is 6.34. The molecule has 3 rings (SSSR count). The molecule has 1 fully saturated rings. The smallest absolute Gasteiger partial charge is 0.336 e. The highest BCUT2D eigenvalue weighted by Gasteiger charge is 2.30. The molecule has 0 spiro atoms. The van der Waals surface area contributed by atoms with Gasteiger partial charge >= 0.3 is 5.97 Å². The number of aliphatic imine (C=N–C) groups is 1. The van der Waals surface area contributed by atoms with Gasteiger partial charge in [0.2, 0.25) is 0 Å². The highest BCUT2D eigenvalue weighted by atomic mass is 127. The summed E-state index contributed by atoms with van der Waals surface area (Å²) in [5.41, 5.74) is 2.05. The quantitative estimate of drug-likeness (QED) is 0.379. The zero-order valence-electron chi connectivity index (χ0n) is 14.7. The molecule has 1 amide bonds. The highest BCUT2D eigenvalue weighted by molar-refractivity contribution is 14.1. The number of carboxylic acid groups (broad SMARTS) is 1. The third-order valence-corrected chi connectivity index (χ3v) is 6.80. The van der Waals surface area contributed by atoms with Crippen molar-refractivity contribution in [1.82, 2.24) is 4.90 Å². The van der Waals surface area contributed by atoms with Gasteiger partial charge in [0.15, 0.2) is 5.17 Å². The maximum atomic E-state index is 12.6. The first-order chi connectivity index (χ1) is 13.2. The minimum absolute atomic E-state index is 0.183. The Labute approximate surface area is 193 Å². The van der Waals surface area contributed by atoms with Gasteiger partial charge in [0.05, 0.1) is 23.3 Å². The second kappa shape index (κ2) is 8.41. The molecule has 1 saturated heterocycles. The van der Waals surface area contributed by atoms with Crippen molar-refractivity contribution in [2.75, 3.05) is 7.05 Å². The lowest BCUT2D eigenvalue weighted by atomic mass is 10.1. The summed E-state index contributed by atoms with van der Waals surface area (Å²) in [6, 6.07) is 8.48. The third-order valence-electron chi connectivity index (χ3n) is 4.09. The number of nitrogens with zero attached hydrogens (tertiary/aromatic N) is 2. The molecule has 1 aliphatic heterocycles. The summed E-state index contributed by atoms with van der Waals surface area (Å²) in [6.45, 7) is 1.70. The van der Waals surface area contributed by atoms with Crippen LogP contribution in [-0.2, 0) is 4.79 Å². The van der Waals surface area contributed by atoms with E-state index in [9.17, 15) is 19.8 Å². The van der Waals surface area contributed by atoms with Crippen molar-refractivity contribution in [2.45, 2.75) is 6.92 Å². The topological polar surface area (TPSA) is 90.2 Å². The largest absolute Gasteiger partial charge is 0.506 e. The van der Waals surface area contributed by atoms with Crippen LogP contribution in [0.2, 0.25) is 0 Å². The van der Waals surface area contributed by atoms with Crippen LogP contribution < -0.4 is 0 Å². The van der Waals surface area contributed by atoms with E-state index in [1.54, 1.807) is 44.3 Å². The van der Waals surface area contributed by atoms with Crippen molar-refractivity contribution < 1.29 is 19.8 Å². The minimum atomic E-state index is -1.01. The fourth-order valence-corrected chi connectivity index (χ4v) is 5.35. The highest BCUT2D eigenvalue weighted by Crippen LogP contribution is 2.35. The molecule has 6 nitrogen and oxygen atoms in total. The molecule has 0 aromatic heterocycles.